The SMILES string of the molecule is O=C(C1CCCN(C2=NS(=O)(=O)c3ccccc32)C1)N1CCN(c2ccccc2)CC1. The Bertz CT molecular complexity index is 1110. The molecular weight excluding hydrogens is 412 g/mol. The van der Waals surface area contributed by atoms with Crippen LogP contribution in [-0.4, -0.2) is 69.2 Å². The van der Waals surface area contributed by atoms with Crippen molar-refractivity contribution in [1.29, 1.82) is 0 Å². The minimum absolute atomic E-state index is 0.129. The van der Waals surface area contributed by atoms with Crippen molar-refractivity contribution in [3.8, 4) is 0 Å². The molecule has 3 aliphatic rings. The van der Waals surface area contributed by atoms with Crippen molar-refractivity contribution in [1.82, 2.24) is 9.80 Å². The molecule has 8 heteroatoms. The average Bonchev–Trinajstić information content (AvgIpc) is 3.10. The predicted molar refractivity (Wildman–Crippen MR) is 120 cm³/mol. The quantitative estimate of drug-likeness (QED) is 0.719. The number of piperidine rings is 1. The van der Waals surface area contributed by atoms with E-state index in [1.54, 1.807) is 18.2 Å². The van der Waals surface area contributed by atoms with Gasteiger partial charge in [0.25, 0.3) is 10.0 Å². The Morgan fingerprint density at radius 3 is 2.35 bits per heavy atom. The molecule has 3 heterocycles. The van der Waals surface area contributed by atoms with E-state index in [0.29, 0.717) is 37.6 Å². The van der Waals surface area contributed by atoms with Crippen LogP contribution in [0.4, 0.5) is 5.69 Å². The number of piperazine rings is 1. The zero-order chi connectivity index (χ0) is 21.4. The summed E-state index contributed by atoms with van der Waals surface area (Å²) in [5, 5.41) is 0. The molecule has 2 saturated heterocycles. The average molecular weight is 439 g/mol. The van der Waals surface area contributed by atoms with Crippen LogP contribution in [0.1, 0.15) is 18.4 Å². The van der Waals surface area contributed by atoms with Crippen LogP contribution in [0.3, 0.4) is 0 Å². The van der Waals surface area contributed by atoms with Crippen LogP contribution in [-0.2, 0) is 14.8 Å². The molecule has 2 aromatic rings. The summed E-state index contributed by atoms with van der Waals surface area (Å²) in [7, 11) is -3.65. The highest BCUT2D eigenvalue weighted by Gasteiger charge is 2.36. The Morgan fingerprint density at radius 1 is 0.871 bits per heavy atom. The Labute approximate surface area is 183 Å². The first-order valence-corrected chi connectivity index (χ1v) is 12.2. The number of amides is 1. The molecule has 1 atom stereocenters. The third-order valence-corrected chi connectivity index (χ3v) is 7.72. The molecule has 2 fully saturated rings. The van der Waals surface area contributed by atoms with Crippen molar-refractivity contribution >= 4 is 27.5 Å². The fraction of sp³-hybridized carbons (Fsp3) is 0.391. The number of anilines is 1. The van der Waals surface area contributed by atoms with Crippen LogP contribution in [0.25, 0.3) is 0 Å². The number of sulfonamides is 1. The van der Waals surface area contributed by atoms with Crippen molar-refractivity contribution in [2.24, 2.45) is 10.3 Å². The number of likely N-dealkylation sites (tertiary alicyclic amines) is 1. The van der Waals surface area contributed by atoms with Gasteiger partial charge < -0.3 is 14.7 Å². The minimum atomic E-state index is -3.65. The number of benzene rings is 2. The molecule has 0 spiro atoms. The maximum atomic E-state index is 13.3. The van der Waals surface area contributed by atoms with Gasteiger partial charge in [-0.05, 0) is 37.1 Å². The molecule has 7 nitrogen and oxygen atoms in total. The topological polar surface area (TPSA) is 73.3 Å². The number of amidine groups is 1. The normalized spacial score (nSPS) is 22.8. The largest absolute Gasteiger partial charge is 0.368 e. The lowest BCUT2D eigenvalue weighted by Gasteiger charge is -2.40. The minimum Gasteiger partial charge on any atom is -0.368 e. The Hall–Kier alpha value is -2.87. The first-order chi connectivity index (χ1) is 15.0. The lowest BCUT2D eigenvalue weighted by atomic mass is 9.95. The molecule has 0 radical (unpaired) electrons. The van der Waals surface area contributed by atoms with Gasteiger partial charge in [0.1, 0.15) is 4.90 Å². The summed E-state index contributed by atoms with van der Waals surface area (Å²) in [5.74, 6) is 0.532. The Morgan fingerprint density at radius 2 is 1.58 bits per heavy atom. The summed E-state index contributed by atoms with van der Waals surface area (Å²) in [6.45, 7) is 4.30. The van der Waals surface area contributed by atoms with Gasteiger partial charge >= 0.3 is 0 Å². The maximum absolute atomic E-state index is 13.3. The fourth-order valence-electron chi connectivity index (χ4n) is 4.77. The molecule has 2 aromatic carbocycles. The van der Waals surface area contributed by atoms with Gasteiger partial charge in [-0.15, -0.1) is 4.40 Å². The molecule has 3 aliphatic heterocycles. The van der Waals surface area contributed by atoms with Crippen LogP contribution < -0.4 is 4.90 Å². The molecule has 0 saturated carbocycles. The summed E-state index contributed by atoms with van der Waals surface area (Å²) in [6.07, 6.45) is 1.68. The van der Waals surface area contributed by atoms with Gasteiger partial charge in [0.2, 0.25) is 5.91 Å². The van der Waals surface area contributed by atoms with Crippen LogP contribution in [0.5, 0.6) is 0 Å². The van der Waals surface area contributed by atoms with E-state index in [1.807, 2.05) is 34.1 Å². The standard InChI is InChI=1S/C23H26N4O3S/c28-23(26-15-13-25(14-16-26)19-8-2-1-3-9-19)18-7-6-12-27(17-18)22-20-10-4-5-11-21(20)31(29,30)24-22/h1-5,8-11,18H,6-7,12-17H2. The Kier molecular flexibility index (Phi) is 5.17. The highest BCUT2D eigenvalue weighted by Crippen LogP contribution is 2.30. The van der Waals surface area contributed by atoms with Crippen LogP contribution in [0.2, 0.25) is 0 Å². The molecule has 1 amide bonds. The van der Waals surface area contributed by atoms with E-state index in [0.717, 1.165) is 25.9 Å². The monoisotopic (exact) mass is 438 g/mol. The smallest absolute Gasteiger partial charge is 0.285 e. The molecule has 0 N–H and O–H groups in total. The third-order valence-electron chi connectivity index (χ3n) is 6.40. The van der Waals surface area contributed by atoms with Gasteiger partial charge in [-0.3, -0.25) is 4.79 Å². The van der Waals surface area contributed by atoms with Crippen molar-refractivity contribution in [2.45, 2.75) is 17.7 Å². The predicted octanol–water partition coefficient (Wildman–Crippen LogP) is 2.20. The zero-order valence-electron chi connectivity index (χ0n) is 17.4. The highest BCUT2D eigenvalue weighted by atomic mass is 32.2. The molecule has 0 bridgehead atoms. The van der Waals surface area contributed by atoms with Crippen molar-refractivity contribution < 1.29 is 13.2 Å². The van der Waals surface area contributed by atoms with Gasteiger partial charge in [-0.2, -0.15) is 8.42 Å². The maximum Gasteiger partial charge on any atom is 0.285 e. The number of carbonyl (C=O) groups is 1. The zero-order valence-corrected chi connectivity index (χ0v) is 18.2. The first kappa shape index (κ1) is 20.1. The van der Waals surface area contributed by atoms with Crippen LogP contribution in [0, 0.1) is 5.92 Å². The summed E-state index contributed by atoms with van der Waals surface area (Å²) in [4.78, 5) is 19.8. The number of para-hydroxylation sites is 1. The lowest BCUT2D eigenvalue weighted by molar-refractivity contribution is -0.137. The van der Waals surface area contributed by atoms with E-state index in [9.17, 15) is 13.2 Å². The second-order valence-corrected chi connectivity index (χ2v) is 9.89. The second-order valence-electron chi connectivity index (χ2n) is 8.32. The van der Waals surface area contributed by atoms with Gasteiger partial charge in [-0.25, -0.2) is 0 Å². The number of nitrogens with zero attached hydrogens (tertiary/aromatic N) is 4. The molecule has 0 aromatic heterocycles. The van der Waals surface area contributed by atoms with E-state index in [1.165, 1.54) is 5.69 Å². The van der Waals surface area contributed by atoms with Crippen LogP contribution >= 0.6 is 0 Å². The summed E-state index contributed by atoms with van der Waals surface area (Å²) < 4.78 is 28.9. The van der Waals surface area contributed by atoms with E-state index in [4.69, 9.17) is 0 Å². The molecule has 31 heavy (non-hydrogen) atoms. The fourth-order valence-corrected chi connectivity index (χ4v) is 6.00. The molecule has 5 rings (SSSR count). The number of fused-ring (bicyclic) bond motifs is 1. The molecule has 0 aliphatic carbocycles. The van der Waals surface area contributed by atoms with Crippen molar-refractivity contribution in [3.05, 3.63) is 60.2 Å². The molecular formula is C23H26N4O3S. The van der Waals surface area contributed by atoms with Gasteiger partial charge in [0, 0.05) is 50.5 Å². The van der Waals surface area contributed by atoms with Gasteiger partial charge in [0.05, 0.1) is 5.92 Å². The summed E-state index contributed by atoms with van der Waals surface area (Å²) >= 11 is 0. The number of hydrogen-bond donors (Lipinski definition) is 0. The molecule has 162 valence electrons. The van der Waals surface area contributed by atoms with Crippen LogP contribution in [0.15, 0.2) is 63.9 Å². The number of hydrogen-bond acceptors (Lipinski definition) is 5. The summed E-state index contributed by atoms with van der Waals surface area (Å²) in [5.41, 5.74) is 1.84. The van der Waals surface area contributed by atoms with E-state index < -0.39 is 10.0 Å². The molecule has 1 unspecified atom stereocenters. The lowest BCUT2D eigenvalue weighted by Crippen LogP contribution is -2.53. The van der Waals surface area contributed by atoms with Gasteiger partial charge in [-0.1, -0.05) is 30.3 Å². The van der Waals surface area contributed by atoms with Gasteiger partial charge in [0.15, 0.2) is 5.84 Å². The van der Waals surface area contributed by atoms with E-state index in [-0.39, 0.29) is 16.7 Å². The van der Waals surface area contributed by atoms with E-state index in [2.05, 4.69) is 21.4 Å². The first-order valence-electron chi connectivity index (χ1n) is 10.8. The third kappa shape index (κ3) is 3.80. The second kappa shape index (κ2) is 8.00. The number of rotatable bonds is 2. The Balaban J connectivity index is 1.26. The van der Waals surface area contributed by atoms with Crippen molar-refractivity contribution in [2.75, 3.05) is 44.2 Å². The highest BCUT2D eigenvalue weighted by molar-refractivity contribution is 7.90. The van der Waals surface area contributed by atoms with E-state index >= 15 is 0 Å². The van der Waals surface area contributed by atoms with Crippen molar-refractivity contribution in [3.63, 3.8) is 0 Å². The number of carbonyl (C=O) groups excluding carboxylic acids is 1. The summed E-state index contributed by atoms with van der Waals surface area (Å²) in [6, 6.07) is 17.2.